The Kier molecular flexibility index (Phi) is 1.54. The van der Waals surface area contributed by atoms with Crippen molar-refractivity contribution in [1.29, 1.82) is 0 Å². The predicted molar refractivity (Wildman–Crippen MR) is 34.6 cm³/mol. The Bertz CT molecular complexity index is 72.6. The van der Waals surface area contributed by atoms with Crippen molar-refractivity contribution in [3.63, 3.8) is 0 Å². The standard InChI is InChI=1S/C6H14N2/c1-3-4-5(7)6(4)8-2/h4-6,8H,3,7H2,1-2H3. The monoisotopic (exact) mass is 114 g/mol. The second-order valence-corrected chi connectivity index (χ2v) is 2.46. The van der Waals surface area contributed by atoms with Crippen LogP contribution in [0.25, 0.3) is 0 Å². The molecule has 0 saturated heterocycles. The molecule has 2 heteroatoms. The summed E-state index contributed by atoms with van der Waals surface area (Å²) in [6.45, 7) is 2.18. The summed E-state index contributed by atoms with van der Waals surface area (Å²) >= 11 is 0. The van der Waals surface area contributed by atoms with Crippen molar-refractivity contribution in [2.45, 2.75) is 25.4 Å². The summed E-state index contributed by atoms with van der Waals surface area (Å²) in [5.74, 6) is 0.750. The largest absolute Gasteiger partial charge is 0.326 e. The van der Waals surface area contributed by atoms with Gasteiger partial charge in [0.05, 0.1) is 0 Å². The van der Waals surface area contributed by atoms with Gasteiger partial charge in [0.25, 0.3) is 0 Å². The average Bonchev–Trinajstić information content (AvgIpc) is 2.40. The maximum absolute atomic E-state index is 5.67. The molecule has 1 saturated carbocycles. The highest BCUT2D eigenvalue weighted by Gasteiger charge is 2.44. The van der Waals surface area contributed by atoms with Crippen LogP contribution in [0.2, 0.25) is 0 Å². The van der Waals surface area contributed by atoms with Gasteiger partial charge >= 0.3 is 0 Å². The number of hydrogen-bond acceptors (Lipinski definition) is 2. The number of likely N-dealkylation sites (N-methyl/N-ethyl adjacent to an activating group) is 1. The summed E-state index contributed by atoms with van der Waals surface area (Å²) in [5, 5.41) is 3.16. The minimum Gasteiger partial charge on any atom is -0.326 e. The van der Waals surface area contributed by atoms with Crippen LogP contribution < -0.4 is 11.1 Å². The van der Waals surface area contributed by atoms with Gasteiger partial charge in [-0.15, -0.1) is 0 Å². The highest BCUT2D eigenvalue weighted by molar-refractivity contribution is 5.05. The van der Waals surface area contributed by atoms with E-state index >= 15 is 0 Å². The van der Waals surface area contributed by atoms with Crippen LogP contribution in [0, 0.1) is 5.92 Å². The van der Waals surface area contributed by atoms with Gasteiger partial charge in [0.2, 0.25) is 0 Å². The molecule has 1 fully saturated rings. The second kappa shape index (κ2) is 2.03. The number of nitrogens with one attached hydrogen (secondary N) is 1. The van der Waals surface area contributed by atoms with Gasteiger partial charge in [0.15, 0.2) is 0 Å². The molecule has 1 aliphatic carbocycles. The van der Waals surface area contributed by atoms with E-state index in [0.29, 0.717) is 12.1 Å². The normalized spacial score (nSPS) is 44.6. The third-order valence-electron chi connectivity index (χ3n) is 2.03. The highest BCUT2D eigenvalue weighted by Crippen LogP contribution is 2.31. The molecule has 0 aliphatic heterocycles. The summed E-state index contributed by atoms with van der Waals surface area (Å²) < 4.78 is 0. The molecule has 1 rings (SSSR count). The first-order valence-electron chi connectivity index (χ1n) is 3.24. The van der Waals surface area contributed by atoms with Crippen LogP contribution in [-0.4, -0.2) is 19.1 Å². The topological polar surface area (TPSA) is 38.0 Å². The molecule has 1 aliphatic rings. The average molecular weight is 114 g/mol. The first kappa shape index (κ1) is 6.05. The fourth-order valence-electron chi connectivity index (χ4n) is 1.33. The number of rotatable bonds is 2. The van der Waals surface area contributed by atoms with Gasteiger partial charge in [-0.3, -0.25) is 0 Å². The van der Waals surface area contributed by atoms with Crippen LogP contribution in [0.4, 0.5) is 0 Å². The van der Waals surface area contributed by atoms with Gasteiger partial charge in [-0.25, -0.2) is 0 Å². The van der Waals surface area contributed by atoms with E-state index in [1.54, 1.807) is 0 Å². The first-order valence-corrected chi connectivity index (χ1v) is 3.24. The van der Waals surface area contributed by atoms with E-state index in [0.717, 1.165) is 5.92 Å². The van der Waals surface area contributed by atoms with Crippen molar-refractivity contribution in [2.24, 2.45) is 11.7 Å². The van der Waals surface area contributed by atoms with Gasteiger partial charge in [-0.05, 0) is 13.0 Å². The van der Waals surface area contributed by atoms with E-state index < -0.39 is 0 Å². The lowest BCUT2D eigenvalue weighted by Gasteiger charge is -1.88. The molecular formula is C6H14N2. The van der Waals surface area contributed by atoms with Gasteiger partial charge in [0.1, 0.15) is 0 Å². The molecule has 0 aromatic rings. The highest BCUT2D eigenvalue weighted by atomic mass is 15.0. The van der Waals surface area contributed by atoms with Crippen LogP contribution in [-0.2, 0) is 0 Å². The van der Waals surface area contributed by atoms with Crippen LogP contribution in [0.5, 0.6) is 0 Å². The molecule has 48 valence electrons. The van der Waals surface area contributed by atoms with Gasteiger partial charge < -0.3 is 11.1 Å². The Balaban J connectivity index is 2.23. The lowest BCUT2D eigenvalue weighted by Crippen LogP contribution is -2.17. The SMILES string of the molecule is CCC1C(N)C1NC. The molecule has 3 unspecified atom stereocenters. The molecule has 0 heterocycles. The summed E-state index contributed by atoms with van der Waals surface area (Å²) in [6, 6.07) is 1.05. The lowest BCUT2D eigenvalue weighted by atomic mass is 10.3. The summed E-state index contributed by atoms with van der Waals surface area (Å²) in [5.41, 5.74) is 5.67. The molecule has 0 amide bonds. The smallest absolute Gasteiger partial charge is 0.0262 e. The molecule has 3 N–H and O–H groups in total. The molecule has 0 spiro atoms. The van der Waals surface area contributed by atoms with E-state index in [4.69, 9.17) is 5.73 Å². The van der Waals surface area contributed by atoms with Gasteiger partial charge in [-0.2, -0.15) is 0 Å². The van der Waals surface area contributed by atoms with E-state index in [9.17, 15) is 0 Å². The molecule has 3 atom stereocenters. The van der Waals surface area contributed by atoms with Crippen molar-refractivity contribution in [3.05, 3.63) is 0 Å². The number of hydrogen-bond donors (Lipinski definition) is 2. The molecular weight excluding hydrogens is 100 g/mol. The summed E-state index contributed by atoms with van der Waals surface area (Å²) in [6.07, 6.45) is 1.21. The van der Waals surface area contributed by atoms with Crippen LogP contribution in [0.1, 0.15) is 13.3 Å². The summed E-state index contributed by atoms with van der Waals surface area (Å²) in [7, 11) is 1.97. The second-order valence-electron chi connectivity index (χ2n) is 2.46. The Morgan fingerprint density at radius 3 is 2.38 bits per heavy atom. The molecule has 0 aromatic carbocycles. The van der Waals surface area contributed by atoms with Gasteiger partial charge in [-0.1, -0.05) is 13.3 Å². The Morgan fingerprint density at radius 1 is 1.62 bits per heavy atom. The molecule has 0 bridgehead atoms. The minimum atomic E-state index is 0.435. The minimum absolute atomic E-state index is 0.435. The fourth-order valence-corrected chi connectivity index (χ4v) is 1.33. The zero-order chi connectivity index (χ0) is 6.15. The van der Waals surface area contributed by atoms with Crippen molar-refractivity contribution < 1.29 is 0 Å². The van der Waals surface area contributed by atoms with Crippen LogP contribution in [0.15, 0.2) is 0 Å². The van der Waals surface area contributed by atoms with E-state index in [2.05, 4.69) is 12.2 Å². The Morgan fingerprint density at radius 2 is 2.25 bits per heavy atom. The first-order chi connectivity index (χ1) is 3.81. The molecule has 2 nitrogen and oxygen atoms in total. The van der Waals surface area contributed by atoms with Crippen LogP contribution in [0.3, 0.4) is 0 Å². The van der Waals surface area contributed by atoms with E-state index in [1.165, 1.54) is 6.42 Å². The molecule has 8 heavy (non-hydrogen) atoms. The Labute approximate surface area is 50.4 Å². The lowest BCUT2D eigenvalue weighted by molar-refractivity contribution is 0.686. The fraction of sp³-hybridized carbons (Fsp3) is 1.00. The quantitative estimate of drug-likeness (QED) is 0.528. The number of nitrogens with two attached hydrogens (primary N) is 1. The molecule has 0 aromatic heterocycles. The van der Waals surface area contributed by atoms with Gasteiger partial charge in [0, 0.05) is 12.1 Å². The van der Waals surface area contributed by atoms with Crippen molar-refractivity contribution in [1.82, 2.24) is 5.32 Å². The van der Waals surface area contributed by atoms with Crippen LogP contribution >= 0.6 is 0 Å². The predicted octanol–water partition coefficient (Wildman–Crippen LogP) is -0.0585. The van der Waals surface area contributed by atoms with E-state index in [1.807, 2.05) is 7.05 Å². The van der Waals surface area contributed by atoms with Crippen molar-refractivity contribution in [3.8, 4) is 0 Å². The summed E-state index contributed by atoms with van der Waals surface area (Å²) in [4.78, 5) is 0. The third kappa shape index (κ3) is 0.740. The maximum atomic E-state index is 5.67. The third-order valence-corrected chi connectivity index (χ3v) is 2.03. The Hall–Kier alpha value is -0.0800. The van der Waals surface area contributed by atoms with E-state index in [-0.39, 0.29) is 0 Å². The maximum Gasteiger partial charge on any atom is 0.0262 e. The van der Waals surface area contributed by atoms with Crippen molar-refractivity contribution >= 4 is 0 Å². The zero-order valence-electron chi connectivity index (χ0n) is 5.52. The molecule has 0 radical (unpaired) electrons. The van der Waals surface area contributed by atoms with Crippen molar-refractivity contribution in [2.75, 3.05) is 7.05 Å². The zero-order valence-corrected chi connectivity index (χ0v) is 5.52.